The smallest absolute Gasteiger partial charge is 0.342 e. The molecule has 0 bridgehead atoms. The third kappa shape index (κ3) is 1.78. The van der Waals surface area contributed by atoms with Crippen LogP contribution in [-0.4, -0.2) is 21.2 Å². The van der Waals surface area contributed by atoms with E-state index in [1.807, 2.05) is 0 Å². The van der Waals surface area contributed by atoms with Gasteiger partial charge in [0.1, 0.15) is 16.3 Å². The van der Waals surface area contributed by atoms with E-state index >= 15 is 0 Å². The number of nitrogens with zero attached hydrogens (tertiary/aromatic N) is 1. The summed E-state index contributed by atoms with van der Waals surface area (Å²) in [5.41, 5.74) is -0.622. The molecule has 0 aliphatic rings. The predicted octanol–water partition coefficient (Wildman–Crippen LogP) is 2.21. The Bertz CT molecular complexity index is 645. The first-order valence-corrected chi connectivity index (χ1v) is 4.80. The summed E-state index contributed by atoms with van der Waals surface area (Å²) in [6.45, 7) is 0. The molecule has 1 heterocycles. The number of aromatic carboxylic acids is 1. The second-order valence-corrected chi connectivity index (χ2v) is 3.67. The van der Waals surface area contributed by atoms with E-state index in [4.69, 9.17) is 5.11 Å². The summed E-state index contributed by atoms with van der Waals surface area (Å²) in [5.74, 6) is -4.48. The number of fused-ring (bicyclic) bond motifs is 1. The van der Waals surface area contributed by atoms with Crippen LogP contribution in [0.15, 0.2) is 17.2 Å². The quantitative estimate of drug-likeness (QED) is 0.685. The maximum Gasteiger partial charge on any atom is 0.342 e. The first-order valence-electron chi connectivity index (χ1n) is 4.35. The molecular formula is C10H5F2NO3S. The summed E-state index contributed by atoms with van der Waals surface area (Å²) in [6.07, 6.45) is 0. The standard InChI is InChI=1S/C10H5F2NO3S/c11-4-1-3-6(2-5(4)12)13-9(17)7(8(3)14)10(15)16/h1-2H,(H,15,16)(H2,13,14,17). The van der Waals surface area contributed by atoms with Crippen LogP contribution in [0.5, 0.6) is 5.75 Å². The Morgan fingerprint density at radius 1 is 1.29 bits per heavy atom. The average molecular weight is 257 g/mol. The van der Waals surface area contributed by atoms with Crippen LogP contribution in [0.25, 0.3) is 10.9 Å². The van der Waals surface area contributed by atoms with Gasteiger partial charge in [0.05, 0.1) is 5.52 Å². The Balaban J connectivity index is 2.92. The SMILES string of the molecule is O=C(O)c1c(S)nc2cc(F)c(F)cc2c1O. The van der Waals surface area contributed by atoms with Gasteiger partial charge in [0.2, 0.25) is 0 Å². The predicted molar refractivity (Wildman–Crippen MR) is 57.5 cm³/mol. The van der Waals surface area contributed by atoms with Crippen molar-refractivity contribution in [3.8, 4) is 5.75 Å². The summed E-state index contributed by atoms with van der Waals surface area (Å²) >= 11 is 3.77. The second-order valence-electron chi connectivity index (χ2n) is 3.25. The maximum atomic E-state index is 13.0. The van der Waals surface area contributed by atoms with Crippen molar-refractivity contribution in [3.05, 3.63) is 29.3 Å². The first-order chi connectivity index (χ1) is 7.91. The van der Waals surface area contributed by atoms with E-state index in [0.717, 1.165) is 6.07 Å². The van der Waals surface area contributed by atoms with Crippen LogP contribution in [0.2, 0.25) is 0 Å². The van der Waals surface area contributed by atoms with Gasteiger partial charge in [0.15, 0.2) is 11.6 Å². The monoisotopic (exact) mass is 257 g/mol. The zero-order valence-electron chi connectivity index (χ0n) is 8.11. The van der Waals surface area contributed by atoms with Crippen molar-refractivity contribution < 1.29 is 23.8 Å². The number of carboxylic acid groups (broad SMARTS) is 1. The molecule has 1 aromatic carbocycles. The molecule has 2 aromatic rings. The molecule has 0 saturated heterocycles. The van der Waals surface area contributed by atoms with E-state index in [-0.39, 0.29) is 15.9 Å². The van der Waals surface area contributed by atoms with E-state index in [1.165, 1.54) is 0 Å². The molecular weight excluding hydrogens is 252 g/mol. The molecule has 7 heteroatoms. The number of aromatic nitrogens is 1. The third-order valence-electron chi connectivity index (χ3n) is 2.19. The van der Waals surface area contributed by atoms with Gasteiger partial charge in [0, 0.05) is 11.5 Å². The number of benzene rings is 1. The molecule has 2 N–H and O–H groups in total. The Morgan fingerprint density at radius 3 is 2.47 bits per heavy atom. The van der Waals surface area contributed by atoms with Crippen molar-refractivity contribution in [1.29, 1.82) is 0 Å². The molecule has 88 valence electrons. The minimum atomic E-state index is -1.45. The normalized spacial score (nSPS) is 10.8. The summed E-state index contributed by atoms with van der Waals surface area (Å²) in [4.78, 5) is 14.5. The summed E-state index contributed by atoms with van der Waals surface area (Å²) < 4.78 is 25.9. The van der Waals surface area contributed by atoms with Crippen LogP contribution in [0.3, 0.4) is 0 Å². The minimum absolute atomic E-state index is 0.0728. The molecule has 0 aliphatic carbocycles. The molecule has 0 amide bonds. The Kier molecular flexibility index (Phi) is 2.62. The number of carbonyl (C=O) groups is 1. The first kappa shape index (κ1) is 11.6. The van der Waals surface area contributed by atoms with E-state index in [2.05, 4.69) is 17.6 Å². The van der Waals surface area contributed by atoms with Gasteiger partial charge >= 0.3 is 5.97 Å². The fourth-order valence-corrected chi connectivity index (χ4v) is 1.74. The fraction of sp³-hybridized carbons (Fsp3) is 0. The average Bonchev–Trinajstić information content (AvgIpc) is 2.21. The molecule has 0 unspecified atom stereocenters. The van der Waals surface area contributed by atoms with Crippen molar-refractivity contribution in [2.45, 2.75) is 5.03 Å². The van der Waals surface area contributed by atoms with E-state index in [9.17, 15) is 18.7 Å². The molecule has 0 saturated carbocycles. The molecule has 0 fully saturated rings. The van der Waals surface area contributed by atoms with Gasteiger partial charge < -0.3 is 10.2 Å². The van der Waals surface area contributed by atoms with E-state index in [1.54, 1.807) is 0 Å². The van der Waals surface area contributed by atoms with Crippen LogP contribution >= 0.6 is 12.6 Å². The maximum absolute atomic E-state index is 13.0. The van der Waals surface area contributed by atoms with Crippen molar-refractivity contribution in [2.75, 3.05) is 0 Å². The van der Waals surface area contributed by atoms with Crippen LogP contribution in [0, 0.1) is 11.6 Å². The highest BCUT2D eigenvalue weighted by atomic mass is 32.1. The Hall–Kier alpha value is -1.89. The lowest BCUT2D eigenvalue weighted by Crippen LogP contribution is -2.02. The van der Waals surface area contributed by atoms with Gasteiger partial charge in [-0.05, 0) is 6.07 Å². The van der Waals surface area contributed by atoms with Gasteiger partial charge in [0.25, 0.3) is 0 Å². The highest BCUT2D eigenvalue weighted by Gasteiger charge is 2.19. The summed E-state index contributed by atoms with van der Waals surface area (Å²) in [5, 5.41) is 18.0. The topological polar surface area (TPSA) is 70.4 Å². The highest BCUT2D eigenvalue weighted by Crippen LogP contribution is 2.32. The minimum Gasteiger partial charge on any atom is -0.506 e. The zero-order chi connectivity index (χ0) is 12.7. The number of pyridine rings is 1. The summed E-state index contributed by atoms with van der Waals surface area (Å²) in [7, 11) is 0. The van der Waals surface area contributed by atoms with Crippen LogP contribution < -0.4 is 0 Å². The van der Waals surface area contributed by atoms with E-state index in [0.29, 0.717) is 6.07 Å². The number of rotatable bonds is 1. The van der Waals surface area contributed by atoms with Crippen LogP contribution in [-0.2, 0) is 0 Å². The molecule has 0 aliphatic heterocycles. The molecule has 0 atom stereocenters. The lowest BCUT2D eigenvalue weighted by atomic mass is 10.1. The fourth-order valence-electron chi connectivity index (χ4n) is 1.43. The summed E-state index contributed by atoms with van der Waals surface area (Å²) in [6, 6.07) is 1.45. The molecule has 0 spiro atoms. The van der Waals surface area contributed by atoms with Crippen molar-refractivity contribution >= 4 is 29.5 Å². The van der Waals surface area contributed by atoms with Crippen molar-refractivity contribution in [1.82, 2.24) is 4.98 Å². The van der Waals surface area contributed by atoms with Crippen LogP contribution in [0.4, 0.5) is 8.78 Å². The highest BCUT2D eigenvalue weighted by molar-refractivity contribution is 7.80. The third-order valence-corrected chi connectivity index (χ3v) is 2.52. The molecule has 4 nitrogen and oxygen atoms in total. The number of carboxylic acids is 1. The number of halogens is 2. The number of aromatic hydroxyl groups is 1. The largest absolute Gasteiger partial charge is 0.506 e. The second kappa shape index (κ2) is 3.85. The van der Waals surface area contributed by atoms with Crippen LogP contribution in [0.1, 0.15) is 10.4 Å². The van der Waals surface area contributed by atoms with Gasteiger partial charge in [-0.2, -0.15) is 0 Å². The van der Waals surface area contributed by atoms with Gasteiger partial charge in [-0.25, -0.2) is 18.6 Å². The van der Waals surface area contributed by atoms with Crippen molar-refractivity contribution in [3.63, 3.8) is 0 Å². The van der Waals surface area contributed by atoms with E-state index < -0.39 is 28.9 Å². The lowest BCUT2D eigenvalue weighted by Gasteiger charge is -2.07. The lowest BCUT2D eigenvalue weighted by molar-refractivity contribution is 0.0689. The molecule has 2 rings (SSSR count). The number of hydrogen-bond donors (Lipinski definition) is 3. The van der Waals surface area contributed by atoms with Gasteiger partial charge in [-0.15, -0.1) is 12.6 Å². The Morgan fingerprint density at radius 2 is 1.88 bits per heavy atom. The van der Waals surface area contributed by atoms with Crippen molar-refractivity contribution in [2.24, 2.45) is 0 Å². The zero-order valence-corrected chi connectivity index (χ0v) is 9.00. The number of thiol groups is 1. The van der Waals surface area contributed by atoms with Gasteiger partial charge in [-0.1, -0.05) is 0 Å². The molecule has 1 aromatic heterocycles. The molecule has 0 radical (unpaired) electrons. The van der Waals surface area contributed by atoms with Gasteiger partial charge in [-0.3, -0.25) is 0 Å². The Labute approximate surface area is 98.9 Å². The number of hydrogen-bond acceptors (Lipinski definition) is 4. The molecule has 17 heavy (non-hydrogen) atoms.